The van der Waals surface area contributed by atoms with Gasteiger partial charge in [-0.25, -0.2) is 0 Å². The molecule has 9 heteroatoms. The average molecular weight is 403 g/mol. The molecule has 2 amide bonds. The van der Waals surface area contributed by atoms with Crippen LogP contribution in [0.3, 0.4) is 0 Å². The van der Waals surface area contributed by atoms with Crippen molar-refractivity contribution in [1.29, 1.82) is 0 Å². The summed E-state index contributed by atoms with van der Waals surface area (Å²) < 4.78 is 5.59. The summed E-state index contributed by atoms with van der Waals surface area (Å²) in [5.41, 5.74) is -0.314. The van der Waals surface area contributed by atoms with E-state index in [0.717, 1.165) is 44.6 Å². The van der Waals surface area contributed by atoms with E-state index in [4.69, 9.17) is 4.74 Å². The molecule has 1 aromatic heterocycles. The summed E-state index contributed by atoms with van der Waals surface area (Å²) in [6, 6.07) is 0. The van der Waals surface area contributed by atoms with Crippen LogP contribution >= 0.6 is 0 Å². The number of hydrogen-bond donors (Lipinski definition) is 2. The number of aromatic amines is 1. The molecule has 2 N–H and O–H groups in total. The van der Waals surface area contributed by atoms with Crippen LogP contribution in [0, 0.1) is 11.8 Å². The molecular formula is C20H29N5O4. The number of likely N-dealkylation sites (tertiary alicyclic amines) is 1. The van der Waals surface area contributed by atoms with E-state index in [9.17, 15) is 14.4 Å². The SMILES string of the molecule is O=C(NCC1CN(CC2CCN(CC3CC3)CC2)C(=O)CO1)c1cncc(=O)[nH]1. The monoisotopic (exact) mass is 403 g/mol. The number of rotatable bonds is 7. The van der Waals surface area contributed by atoms with Gasteiger partial charge in [0.15, 0.2) is 0 Å². The molecule has 9 nitrogen and oxygen atoms in total. The molecule has 158 valence electrons. The fourth-order valence-corrected chi connectivity index (χ4v) is 4.10. The molecule has 1 saturated carbocycles. The molecule has 1 atom stereocenters. The number of carbonyl (C=O) groups excluding carboxylic acids is 2. The van der Waals surface area contributed by atoms with Crippen molar-refractivity contribution in [3.05, 3.63) is 28.4 Å². The second-order valence-corrected chi connectivity index (χ2v) is 8.44. The van der Waals surface area contributed by atoms with E-state index >= 15 is 0 Å². The van der Waals surface area contributed by atoms with Crippen molar-refractivity contribution >= 4 is 11.8 Å². The lowest BCUT2D eigenvalue weighted by Crippen LogP contribution is -2.52. The third kappa shape index (κ3) is 5.63. The van der Waals surface area contributed by atoms with Crippen molar-refractivity contribution in [2.75, 3.05) is 45.9 Å². The van der Waals surface area contributed by atoms with Crippen LogP contribution in [0.25, 0.3) is 0 Å². The molecule has 2 saturated heterocycles. The Bertz CT molecular complexity index is 785. The average Bonchev–Trinajstić information content (AvgIpc) is 3.54. The molecule has 3 aliphatic rings. The van der Waals surface area contributed by atoms with Crippen molar-refractivity contribution in [2.45, 2.75) is 31.8 Å². The largest absolute Gasteiger partial charge is 0.365 e. The predicted molar refractivity (Wildman–Crippen MR) is 105 cm³/mol. The maximum absolute atomic E-state index is 12.3. The van der Waals surface area contributed by atoms with E-state index in [0.29, 0.717) is 12.5 Å². The van der Waals surface area contributed by atoms with Crippen LogP contribution in [0.2, 0.25) is 0 Å². The minimum Gasteiger partial charge on any atom is -0.365 e. The molecule has 1 unspecified atom stereocenters. The third-order valence-electron chi connectivity index (χ3n) is 6.01. The zero-order chi connectivity index (χ0) is 20.2. The number of H-pyrrole nitrogens is 1. The Kier molecular flexibility index (Phi) is 6.25. The number of nitrogens with one attached hydrogen (secondary N) is 2. The highest BCUT2D eigenvalue weighted by Crippen LogP contribution is 2.31. The normalized spacial score (nSPS) is 23.9. The van der Waals surface area contributed by atoms with Crippen molar-refractivity contribution in [3.8, 4) is 0 Å². The molecule has 1 aromatic rings. The van der Waals surface area contributed by atoms with E-state index in [1.54, 1.807) is 0 Å². The van der Waals surface area contributed by atoms with Crippen LogP contribution in [0.1, 0.15) is 36.2 Å². The van der Waals surface area contributed by atoms with Gasteiger partial charge in [0.2, 0.25) is 5.91 Å². The highest BCUT2D eigenvalue weighted by Gasteiger charge is 2.31. The zero-order valence-electron chi connectivity index (χ0n) is 16.6. The van der Waals surface area contributed by atoms with Crippen LogP contribution in [0.15, 0.2) is 17.2 Å². The smallest absolute Gasteiger partial charge is 0.269 e. The van der Waals surface area contributed by atoms with Crippen LogP contribution in [-0.4, -0.2) is 83.6 Å². The number of aromatic nitrogens is 2. The Hall–Kier alpha value is -2.26. The minimum absolute atomic E-state index is 0.0181. The van der Waals surface area contributed by atoms with Gasteiger partial charge in [-0.3, -0.25) is 19.4 Å². The summed E-state index contributed by atoms with van der Waals surface area (Å²) in [7, 11) is 0. The Morgan fingerprint density at radius 3 is 2.62 bits per heavy atom. The van der Waals surface area contributed by atoms with Crippen molar-refractivity contribution in [1.82, 2.24) is 25.1 Å². The Balaban J connectivity index is 1.22. The van der Waals surface area contributed by atoms with E-state index in [1.807, 2.05) is 4.90 Å². The summed E-state index contributed by atoms with van der Waals surface area (Å²) in [6.45, 7) is 5.06. The molecule has 3 fully saturated rings. The van der Waals surface area contributed by atoms with E-state index in [1.165, 1.54) is 25.6 Å². The maximum atomic E-state index is 12.3. The zero-order valence-corrected chi connectivity index (χ0v) is 16.6. The van der Waals surface area contributed by atoms with Crippen molar-refractivity contribution in [3.63, 3.8) is 0 Å². The van der Waals surface area contributed by atoms with Crippen molar-refractivity contribution < 1.29 is 14.3 Å². The molecule has 1 aliphatic carbocycles. The lowest BCUT2D eigenvalue weighted by molar-refractivity contribution is -0.149. The van der Waals surface area contributed by atoms with Gasteiger partial charge in [0.1, 0.15) is 12.3 Å². The number of ether oxygens (including phenoxy) is 1. The second-order valence-electron chi connectivity index (χ2n) is 8.44. The number of morpholine rings is 1. The van der Waals surface area contributed by atoms with E-state index in [2.05, 4.69) is 20.2 Å². The van der Waals surface area contributed by atoms with Crippen molar-refractivity contribution in [2.24, 2.45) is 11.8 Å². The topological polar surface area (TPSA) is 108 Å². The predicted octanol–water partition coefficient (Wildman–Crippen LogP) is -0.151. The summed E-state index contributed by atoms with van der Waals surface area (Å²) in [5.74, 6) is 1.06. The summed E-state index contributed by atoms with van der Waals surface area (Å²) in [6.07, 6.45) is 7.20. The molecule has 4 rings (SSSR count). The summed E-state index contributed by atoms with van der Waals surface area (Å²) in [5, 5.41) is 2.75. The Morgan fingerprint density at radius 1 is 1.14 bits per heavy atom. The first-order valence-electron chi connectivity index (χ1n) is 10.5. The van der Waals surface area contributed by atoms with Gasteiger partial charge in [-0.05, 0) is 50.6 Å². The fraction of sp³-hybridized carbons (Fsp3) is 0.700. The second kappa shape index (κ2) is 9.04. The van der Waals surface area contributed by atoms with Crippen LogP contribution < -0.4 is 10.9 Å². The summed E-state index contributed by atoms with van der Waals surface area (Å²) in [4.78, 5) is 46.3. The van der Waals surface area contributed by atoms with Gasteiger partial charge in [-0.2, -0.15) is 0 Å². The Labute approximate surface area is 169 Å². The lowest BCUT2D eigenvalue weighted by atomic mass is 9.95. The first kappa shape index (κ1) is 20.0. The molecule has 0 aromatic carbocycles. The lowest BCUT2D eigenvalue weighted by Gasteiger charge is -2.38. The molecule has 3 heterocycles. The van der Waals surface area contributed by atoms with Gasteiger partial charge in [0.25, 0.3) is 11.5 Å². The van der Waals surface area contributed by atoms with Gasteiger partial charge in [-0.15, -0.1) is 0 Å². The Morgan fingerprint density at radius 2 is 1.90 bits per heavy atom. The molecular weight excluding hydrogens is 374 g/mol. The highest BCUT2D eigenvalue weighted by atomic mass is 16.5. The number of carbonyl (C=O) groups is 2. The van der Waals surface area contributed by atoms with E-state index in [-0.39, 0.29) is 30.9 Å². The first-order valence-corrected chi connectivity index (χ1v) is 10.5. The first-order chi connectivity index (χ1) is 14.1. The van der Waals surface area contributed by atoms with Crippen LogP contribution in [0.5, 0.6) is 0 Å². The fourth-order valence-electron chi connectivity index (χ4n) is 4.10. The number of piperidine rings is 1. The molecule has 0 spiro atoms. The van der Waals surface area contributed by atoms with Gasteiger partial charge in [0, 0.05) is 26.2 Å². The van der Waals surface area contributed by atoms with Crippen LogP contribution in [0.4, 0.5) is 0 Å². The number of amides is 2. The standard InChI is InChI=1S/C20H29N5O4/c26-18-9-21-8-17(23-18)20(28)22-7-16-12-25(19(27)13-29-16)11-15-3-5-24(6-4-15)10-14-1-2-14/h8-9,14-16H,1-7,10-13H2,(H,22,28)(H,23,26). The van der Waals surface area contributed by atoms with Gasteiger partial charge >= 0.3 is 0 Å². The van der Waals surface area contributed by atoms with Gasteiger partial charge in [0.05, 0.1) is 18.5 Å². The molecule has 2 aliphatic heterocycles. The number of hydrogen-bond acceptors (Lipinski definition) is 6. The van der Waals surface area contributed by atoms with Gasteiger partial charge in [-0.1, -0.05) is 0 Å². The molecule has 29 heavy (non-hydrogen) atoms. The molecule has 0 radical (unpaired) electrons. The third-order valence-corrected chi connectivity index (χ3v) is 6.01. The quantitative estimate of drug-likeness (QED) is 0.656. The summed E-state index contributed by atoms with van der Waals surface area (Å²) >= 11 is 0. The van der Waals surface area contributed by atoms with Gasteiger partial charge < -0.3 is 24.8 Å². The number of nitrogens with zero attached hydrogens (tertiary/aromatic N) is 3. The molecule has 0 bridgehead atoms. The van der Waals surface area contributed by atoms with E-state index < -0.39 is 11.5 Å². The maximum Gasteiger partial charge on any atom is 0.269 e. The highest BCUT2D eigenvalue weighted by molar-refractivity contribution is 5.91. The van der Waals surface area contributed by atoms with Crippen LogP contribution in [-0.2, 0) is 9.53 Å². The minimum atomic E-state index is -0.425.